The van der Waals surface area contributed by atoms with E-state index in [9.17, 15) is 19.2 Å². The summed E-state index contributed by atoms with van der Waals surface area (Å²) in [5.74, 6) is 0.218. The Hall–Kier alpha value is -1.98. The predicted molar refractivity (Wildman–Crippen MR) is 106 cm³/mol. The van der Waals surface area contributed by atoms with E-state index in [-0.39, 0.29) is 41.3 Å². The number of urea groups is 1. The molecule has 6 heteroatoms. The molecule has 1 aliphatic carbocycles. The highest BCUT2D eigenvalue weighted by Crippen LogP contribution is 2.35. The fourth-order valence-electron chi connectivity index (χ4n) is 4.86. The molecule has 0 aromatic heterocycles. The normalized spacial score (nSPS) is 32.3. The highest BCUT2D eigenvalue weighted by Gasteiger charge is 2.36. The molecule has 3 rings (SSSR count). The van der Waals surface area contributed by atoms with Crippen LogP contribution in [-0.4, -0.2) is 47.4 Å². The van der Waals surface area contributed by atoms with Gasteiger partial charge in [0.1, 0.15) is 11.6 Å². The Bertz CT molecular complexity index is 588. The lowest BCUT2D eigenvalue weighted by Gasteiger charge is -2.24. The van der Waals surface area contributed by atoms with Gasteiger partial charge in [-0.3, -0.25) is 14.4 Å². The summed E-state index contributed by atoms with van der Waals surface area (Å²) < 4.78 is 0. The number of carbonyl (C=O) groups is 4. The van der Waals surface area contributed by atoms with E-state index in [0.29, 0.717) is 51.6 Å². The Kier molecular flexibility index (Phi) is 7.40. The Balaban J connectivity index is 1.65. The summed E-state index contributed by atoms with van der Waals surface area (Å²) in [6.07, 6.45) is 11.3. The van der Waals surface area contributed by atoms with Crippen molar-refractivity contribution < 1.29 is 19.2 Å². The van der Waals surface area contributed by atoms with Crippen molar-refractivity contribution in [2.45, 2.75) is 76.7 Å². The third-order valence-corrected chi connectivity index (χ3v) is 6.39. The summed E-state index contributed by atoms with van der Waals surface area (Å²) in [6, 6.07) is -0.524. The van der Waals surface area contributed by atoms with E-state index >= 15 is 0 Å². The second-order valence-corrected chi connectivity index (χ2v) is 8.28. The van der Waals surface area contributed by atoms with Crippen molar-refractivity contribution in [3.63, 3.8) is 0 Å². The smallest absolute Gasteiger partial charge is 0.318 e. The van der Waals surface area contributed by atoms with Gasteiger partial charge in [0.15, 0.2) is 5.78 Å². The number of Topliss-reactive ketones (excluding diaryl/α,β-unsaturated/α-hetero) is 3. The molecule has 2 heterocycles. The largest absolute Gasteiger partial charge is 0.338 e. The van der Waals surface area contributed by atoms with E-state index in [2.05, 4.69) is 5.32 Å². The number of ketones is 3. The first-order valence-electron chi connectivity index (χ1n) is 10.9. The van der Waals surface area contributed by atoms with Gasteiger partial charge < -0.3 is 10.2 Å². The molecule has 2 fully saturated rings. The molecule has 154 valence electrons. The zero-order valence-corrected chi connectivity index (χ0v) is 16.7. The molecule has 0 spiro atoms. The quantitative estimate of drug-likeness (QED) is 0.646. The molecule has 1 saturated heterocycles. The standard InChI is InChI=1S/C22H32N2O4/c25-19-11-3-1-2-4-12-21(27)18-10-7-15-24(18)22(28)23-14-6-13-20(26)17-9-5-8-16(17)19/h1-2,16-18H,3-15H2,(H,23,28)/b2-1-. The van der Waals surface area contributed by atoms with E-state index in [1.165, 1.54) is 0 Å². The molecule has 1 saturated carbocycles. The van der Waals surface area contributed by atoms with Gasteiger partial charge in [-0.15, -0.1) is 0 Å². The van der Waals surface area contributed by atoms with Crippen LogP contribution in [0.2, 0.25) is 0 Å². The van der Waals surface area contributed by atoms with Crippen LogP contribution in [0, 0.1) is 11.8 Å². The van der Waals surface area contributed by atoms with Gasteiger partial charge in [-0.05, 0) is 44.9 Å². The molecule has 0 radical (unpaired) electrons. The average molecular weight is 389 g/mol. The second kappa shape index (κ2) is 9.99. The molecule has 3 unspecified atom stereocenters. The van der Waals surface area contributed by atoms with Crippen molar-refractivity contribution >= 4 is 23.4 Å². The van der Waals surface area contributed by atoms with E-state index < -0.39 is 0 Å². The van der Waals surface area contributed by atoms with Gasteiger partial charge in [0.2, 0.25) is 0 Å². The van der Waals surface area contributed by atoms with Crippen LogP contribution in [0.25, 0.3) is 0 Å². The van der Waals surface area contributed by atoms with E-state index in [4.69, 9.17) is 0 Å². The first-order valence-corrected chi connectivity index (χ1v) is 10.9. The van der Waals surface area contributed by atoms with Gasteiger partial charge >= 0.3 is 6.03 Å². The molecule has 2 aliphatic heterocycles. The summed E-state index contributed by atoms with van der Waals surface area (Å²) in [5, 5.41) is 2.87. The number of hydrogen-bond donors (Lipinski definition) is 1. The van der Waals surface area contributed by atoms with Gasteiger partial charge in [-0.1, -0.05) is 18.6 Å². The first kappa shape index (κ1) is 20.7. The third kappa shape index (κ3) is 5.09. The zero-order chi connectivity index (χ0) is 19.9. The monoisotopic (exact) mass is 388 g/mol. The van der Waals surface area contributed by atoms with Gasteiger partial charge in [0.05, 0.1) is 6.04 Å². The lowest BCUT2D eigenvalue weighted by atomic mass is 9.85. The zero-order valence-electron chi connectivity index (χ0n) is 16.7. The minimum Gasteiger partial charge on any atom is -0.338 e. The number of nitrogens with one attached hydrogen (secondary N) is 1. The van der Waals surface area contributed by atoms with Crippen molar-refractivity contribution in [1.82, 2.24) is 10.2 Å². The van der Waals surface area contributed by atoms with Crippen molar-refractivity contribution in [1.29, 1.82) is 0 Å². The molecule has 3 aliphatic rings. The highest BCUT2D eigenvalue weighted by atomic mass is 16.2. The Morgan fingerprint density at radius 2 is 1.39 bits per heavy atom. The van der Waals surface area contributed by atoms with Gasteiger partial charge in [0.25, 0.3) is 0 Å². The molecule has 0 aromatic carbocycles. The third-order valence-electron chi connectivity index (χ3n) is 6.39. The molecule has 1 N–H and O–H groups in total. The maximum atomic E-state index is 12.6. The van der Waals surface area contributed by atoms with Crippen molar-refractivity contribution in [3.8, 4) is 0 Å². The van der Waals surface area contributed by atoms with Gasteiger partial charge in [0, 0.05) is 44.2 Å². The van der Waals surface area contributed by atoms with Crippen LogP contribution in [0.15, 0.2) is 12.2 Å². The summed E-state index contributed by atoms with van der Waals surface area (Å²) in [7, 11) is 0. The molecule has 0 bridgehead atoms. The van der Waals surface area contributed by atoms with Crippen LogP contribution >= 0.6 is 0 Å². The number of amides is 2. The van der Waals surface area contributed by atoms with E-state index in [1.807, 2.05) is 12.2 Å². The summed E-state index contributed by atoms with van der Waals surface area (Å²) in [5.41, 5.74) is 0. The molecule has 0 aromatic rings. The SMILES string of the molecule is O=C1CC/C=C\CCC(=O)C2CCCN2C(=O)NCCCC(=O)C2CCCC12. The molecule has 6 nitrogen and oxygen atoms in total. The van der Waals surface area contributed by atoms with Crippen LogP contribution < -0.4 is 5.32 Å². The first-order chi connectivity index (χ1) is 13.6. The number of fused-ring (bicyclic) bond motifs is 2. The van der Waals surface area contributed by atoms with Crippen LogP contribution in [0.1, 0.15) is 70.6 Å². The van der Waals surface area contributed by atoms with Crippen LogP contribution in [0.5, 0.6) is 0 Å². The van der Waals surface area contributed by atoms with Gasteiger partial charge in [-0.2, -0.15) is 0 Å². The Morgan fingerprint density at radius 3 is 2.11 bits per heavy atom. The van der Waals surface area contributed by atoms with Crippen LogP contribution in [-0.2, 0) is 14.4 Å². The second-order valence-electron chi connectivity index (χ2n) is 8.28. The number of carbonyl (C=O) groups excluding carboxylic acids is 4. The Morgan fingerprint density at radius 1 is 0.750 bits per heavy atom. The molecular formula is C22H32N2O4. The predicted octanol–water partition coefficient (Wildman–Crippen LogP) is 3.19. The average Bonchev–Trinajstić information content (AvgIpc) is 3.36. The molecule has 2 amide bonds. The fourth-order valence-corrected chi connectivity index (χ4v) is 4.86. The molecule has 28 heavy (non-hydrogen) atoms. The van der Waals surface area contributed by atoms with E-state index in [1.54, 1.807) is 4.90 Å². The van der Waals surface area contributed by atoms with Crippen molar-refractivity contribution in [3.05, 3.63) is 12.2 Å². The lowest BCUT2D eigenvalue weighted by Crippen LogP contribution is -2.46. The lowest BCUT2D eigenvalue weighted by molar-refractivity contribution is -0.131. The summed E-state index contributed by atoms with van der Waals surface area (Å²) in [4.78, 5) is 51.8. The van der Waals surface area contributed by atoms with Crippen LogP contribution in [0.4, 0.5) is 4.79 Å². The number of allylic oxidation sites excluding steroid dienone is 2. The maximum Gasteiger partial charge on any atom is 0.318 e. The maximum absolute atomic E-state index is 12.6. The van der Waals surface area contributed by atoms with E-state index in [0.717, 1.165) is 32.1 Å². The van der Waals surface area contributed by atoms with Gasteiger partial charge in [-0.25, -0.2) is 4.79 Å². The minimum absolute atomic E-state index is 0.110. The Labute approximate surface area is 167 Å². The molecular weight excluding hydrogens is 356 g/mol. The molecule has 3 atom stereocenters. The number of hydrogen-bond acceptors (Lipinski definition) is 4. The topological polar surface area (TPSA) is 83.6 Å². The summed E-state index contributed by atoms with van der Waals surface area (Å²) >= 11 is 0. The summed E-state index contributed by atoms with van der Waals surface area (Å²) in [6.45, 7) is 1.04. The van der Waals surface area contributed by atoms with Crippen molar-refractivity contribution in [2.75, 3.05) is 13.1 Å². The highest BCUT2D eigenvalue weighted by molar-refractivity contribution is 5.91. The number of rotatable bonds is 0. The minimum atomic E-state index is -0.324. The number of nitrogens with zero attached hydrogens (tertiary/aromatic N) is 1. The van der Waals surface area contributed by atoms with Crippen molar-refractivity contribution in [2.24, 2.45) is 11.8 Å². The fraction of sp³-hybridized carbons (Fsp3) is 0.727. The van der Waals surface area contributed by atoms with Crippen LogP contribution in [0.3, 0.4) is 0 Å².